The van der Waals surface area contributed by atoms with Gasteiger partial charge in [0.25, 0.3) is 5.91 Å². The largest absolute Gasteiger partial charge is 0.330 e. The molecule has 0 aliphatic carbocycles. The summed E-state index contributed by atoms with van der Waals surface area (Å²) >= 11 is 6.33. The highest BCUT2D eigenvalue weighted by Gasteiger charge is 2.33. The molecule has 0 saturated carbocycles. The van der Waals surface area contributed by atoms with Crippen LogP contribution in [-0.2, 0) is 0 Å². The monoisotopic (exact) mass is 325 g/mol. The van der Waals surface area contributed by atoms with Crippen LogP contribution in [-0.4, -0.2) is 27.5 Å². The van der Waals surface area contributed by atoms with Crippen LogP contribution in [0, 0.1) is 0 Å². The van der Waals surface area contributed by atoms with Gasteiger partial charge < -0.3 is 4.90 Å². The third-order valence-corrected chi connectivity index (χ3v) is 4.80. The summed E-state index contributed by atoms with van der Waals surface area (Å²) in [5, 5.41) is 8.75. The SMILES string of the molecule is O=C(c1n[nH]c2ccccc12)N1CCCC1c1ccccc1Cl. The second-order valence-electron chi connectivity index (χ2n) is 5.80. The van der Waals surface area contributed by atoms with E-state index in [4.69, 9.17) is 11.6 Å². The first kappa shape index (κ1) is 14.3. The Morgan fingerprint density at radius 3 is 2.83 bits per heavy atom. The second-order valence-corrected chi connectivity index (χ2v) is 6.20. The lowest BCUT2D eigenvalue weighted by Crippen LogP contribution is -2.31. The van der Waals surface area contributed by atoms with Crippen molar-refractivity contribution in [2.45, 2.75) is 18.9 Å². The van der Waals surface area contributed by atoms with E-state index in [2.05, 4.69) is 10.2 Å². The number of para-hydroxylation sites is 1. The average Bonchev–Trinajstić information content (AvgIpc) is 3.22. The number of nitrogens with zero attached hydrogens (tertiary/aromatic N) is 2. The summed E-state index contributed by atoms with van der Waals surface area (Å²) in [6.45, 7) is 0.732. The third-order valence-electron chi connectivity index (χ3n) is 4.45. The Kier molecular flexibility index (Phi) is 3.54. The number of rotatable bonds is 2. The summed E-state index contributed by atoms with van der Waals surface area (Å²) < 4.78 is 0. The number of aromatic amines is 1. The van der Waals surface area contributed by atoms with Gasteiger partial charge in [0, 0.05) is 17.0 Å². The van der Waals surface area contributed by atoms with Crippen molar-refractivity contribution in [2.75, 3.05) is 6.54 Å². The molecule has 0 radical (unpaired) electrons. The second kappa shape index (κ2) is 5.70. The zero-order valence-corrected chi connectivity index (χ0v) is 13.3. The summed E-state index contributed by atoms with van der Waals surface area (Å²) in [6.07, 6.45) is 1.90. The molecule has 1 aliphatic heterocycles. The lowest BCUT2D eigenvalue weighted by atomic mass is 10.0. The number of carbonyl (C=O) groups is 1. The summed E-state index contributed by atoms with van der Waals surface area (Å²) in [5.74, 6) is -0.0372. The Balaban J connectivity index is 1.71. The van der Waals surface area contributed by atoms with Crippen LogP contribution < -0.4 is 0 Å². The minimum absolute atomic E-state index is 0.0201. The predicted octanol–water partition coefficient (Wildman–Crippen LogP) is 4.19. The maximum absolute atomic E-state index is 13.0. The molecule has 1 amide bonds. The molecule has 4 rings (SSSR count). The lowest BCUT2D eigenvalue weighted by Gasteiger charge is -2.25. The summed E-state index contributed by atoms with van der Waals surface area (Å²) in [7, 11) is 0. The van der Waals surface area contributed by atoms with E-state index in [1.807, 2.05) is 53.4 Å². The summed E-state index contributed by atoms with van der Waals surface area (Å²) in [5.41, 5.74) is 2.38. The Morgan fingerprint density at radius 2 is 1.96 bits per heavy atom. The highest BCUT2D eigenvalue weighted by atomic mass is 35.5. The molecular weight excluding hydrogens is 310 g/mol. The fraction of sp³-hybridized carbons (Fsp3) is 0.222. The van der Waals surface area contributed by atoms with Gasteiger partial charge in [0.2, 0.25) is 0 Å². The van der Waals surface area contributed by atoms with Gasteiger partial charge >= 0.3 is 0 Å². The molecule has 1 atom stereocenters. The van der Waals surface area contributed by atoms with Crippen molar-refractivity contribution in [3.63, 3.8) is 0 Å². The topological polar surface area (TPSA) is 49.0 Å². The molecule has 0 spiro atoms. The van der Waals surface area contributed by atoms with E-state index in [0.29, 0.717) is 10.7 Å². The molecule has 1 N–H and O–H groups in total. The molecule has 3 aromatic rings. The average molecular weight is 326 g/mol. The van der Waals surface area contributed by atoms with Gasteiger partial charge in [-0.25, -0.2) is 0 Å². The Hall–Kier alpha value is -2.33. The maximum Gasteiger partial charge on any atom is 0.275 e. The molecule has 5 heteroatoms. The number of fused-ring (bicyclic) bond motifs is 1. The van der Waals surface area contributed by atoms with Gasteiger partial charge in [-0.1, -0.05) is 48.0 Å². The van der Waals surface area contributed by atoms with Crippen LogP contribution in [0.5, 0.6) is 0 Å². The number of halogens is 1. The third kappa shape index (κ3) is 2.39. The van der Waals surface area contributed by atoms with E-state index in [1.54, 1.807) is 0 Å². The van der Waals surface area contributed by atoms with Crippen LogP contribution >= 0.6 is 11.6 Å². The first-order valence-electron chi connectivity index (χ1n) is 7.74. The van der Waals surface area contributed by atoms with E-state index in [1.165, 1.54) is 0 Å². The van der Waals surface area contributed by atoms with Crippen LogP contribution in [0.25, 0.3) is 10.9 Å². The molecule has 1 fully saturated rings. The van der Waals surface area contributed by atoms with Crippen molar-refractivity contribution >= 4 is 28.4 Å². The molecular formula is C18H16ClN3O. The Labute approximate surface area is 139 Å². The van der Waals surface area contributed by atoms with Gasteiger partial charge in [-0.2, -0.15) is 5.10 Å². The predicted molar refractivity (Wildman–Crippen MR) is 90.6 cm³/mol. The smallest absolute Gasteiger partial charge is 0.275 e. The summed E-state index contributed by atoms with van der Waals surface area (Å²) in [6, 6.07) is 15.5. The quantitative estimate of drug-likeness (QED) is 0.768. The van der Waals surface area contributed by atoms with Crippen molar-refractivity contribution in [3.8, 4) is 0 Å². The first-order valence-corrected chi connectivity index (χ1v) is 8.12. The van der Waals surface area contributed by atoms with E-state index in [-0.39, 0.29) is 11.9 Å². The highest BCUT2D eigenvalue weighted by Crippen LogP contribution is 2.36. The van der Waals surface area contributed by atoms with Crippen LogP contribution in [0.4, 0.5) is 0 Å². The molecule has 1 saturated heterocycles. The van der Waals surface area contributed by atoms with Crippen molar-refractivity contribution < 1.29 is 4.79 Å². The molecule has 1 unspecified atom stereocenters. The number of H-pyrrole nitrogens is 1. The number of carbonyl (C=O) groups excluding carboxylic acids is 1. The van der Waals surface area contributed by atoms with Gasteiger partial charge in [0.05, 0.1) is 11.6 Å². The minimum atomic E-state index is -0.0372. The standard InChI is InChI=1S/C18H16ClN3O/c19-14-8-3-1-6-12(14)16-10-5-11-22(16)18(23)17-13-7-2-4-9-15(13)20-21-17/h1-4,6-9,16H,5,10-11H2,(H,20,21). The fourth-order valence-corrected chi connectivity index (χ4v) is 3.60. The van der Waals surface area contributed by atoms with E-state index in [9.17, 15) is 4.79 Å². The van der Waals surface area contributed by atoms with E-state index < -0.39 is 0 Å². The van der Waals surface area contributed by atoms with Gasteiger partial charge in [-0.3, -0.25) is 9.89 Å². The van der Waals surface area contributed by atoms with E-state index >= 15 is 0 Å². The number of hydrogen-bond acceptors (Lipinski definition) is 2. The highest BCUT2D eigenvalue weighted by molar-refractivity contribution is 6.31. The van der Waals surface area contributed by atoms with E-state index in [0.717, 1.165) is 35.9 Å². The molecule has 2 aromatic carbocycles. The number of likely N-dealkylation sites (tertiary alicyclic amines) is 1. The molecule has 1 aliphatic rings. The van der Waals surface area contributed by atoms with Gasteiger partial charge in [0.1, 0.15) is 0 Å². The molecule has 4 nitrogen and oxygen atoms in total. The zero-order valence-electron chi connectivity index (χ0n) is 12.5. The first-order chi connectivity index (χ1) is 11.3. The number of aromatic nitrogens is 2. The molecule has 2 heterocycles. The number of benzene rings is 2. The van der Waals surface area contributed by atoms with Crippen molar-refractivity contribution in [1.29, 1.82) is 0 Å². The van der Waals surface area contributed by atoms with Gasteiger partial charge in [-0.05, 0) is 30.5 Å². The number of amides is 1. The van der Waals surface area contributed by atoms with Crippen molar-refractivity contribution in [2.24, 2.45) is 0 Å². The van der Waals surface area contributed by atoms with Crippen molar-refractivity contribution in [3.05, 3.63) is 64.8 Å². The van der Waals surface area contributed by atoms with Gasteiger partial charge in [-0.15, -0.1) is 0 Å². The fourth-order valence-electron chi connectivity index (χ4n) is 3.34. The molecule has 1 aromatic heterocycles. The molecule has 0 bridgehead atoms. The lowest BCUT2D eigenvalue weighted by molar-refractivity contribution is 0.0731. The maximum atomic E-state index is 13.0. The van der Waals surface area contributed by atoms with Crippen LogP contribution in [0.1, 0.15) is 34.9 Å². The number of nitrogens with one attached hydrogen (secondary N) is 1. The number of hydrogen-bond donors (Lipinski definition) is 1. The normalized spacial score (nSPS) is 17.8. The molecule has 23 heavy (non-hydrogen) atoms. The van der Waals surface area contributed by atoms with Crippen molar-refractivity contribution in [1.82, 2.24) is 15.1 Å². The Morgan fingerprint density at radius 1 is 1.17 bits per heavy atom. The summed E-state index contributed by atoms with van der Waals surface area (Å²) in [4.78, 5) is 14.9. The van der Waals surface area contributed by atoms with Crippen LogP contribution in [0.2, 0.25) is 5.02 Å². The van der Waals surface area contributed by atoms with Gasteiger partial charge in [0.15, 0.2) is 5.69 Å². The molecule has 116 valence electrons. The van der Waals surface area contributed by atoms with Crippen LogP contribution in [0.3, 0.4) is 0 Å². The zero-order chi connectivity index (χ0) is 15.8. The Bertz CT molecular complexity index is 873. The van der Waals surface area contributed by atoms with Crippen LogP contribution in [0.15, 0.2) is 48.5 Å². The minimum Gasteiger partial charge on any atom is -0.330 e.